The third-order valence-electron chi connectivity index (χ3n) is 2.01. The maximum Gasteiger partial charge on any atom is 0.174 e. The van der Waals surface area contributed by atoms with Crippen LogP contribution in [0, 0.1) is 5.82 Å². The Hall–Kier alpha value is -1.23. The minimum absolute atomic E-state index is 0.0329. The number of rotatable bonds is 5. The van der Waals surface area contributed by atoms with Crippen LogP contribution < -0.4 is 0 Å². The standard InChI is InChI=1S/C12H12ClFO3/c1-2-17-12(16)4-3-8-5-10(13)9(7-15)11(14)6-8/h3-7,12,16H,2H2,1H3/b4-3+. The number of carbonyl (C=O) groups is 1. The molecule has 0 aromatic heterocycles. The third kappa shape index (κ3) is 3.93. The van der Waals surface area contributed by atoms with Gasteiger partial charge in [-0.1, -0.05) is 17.7 Å². The molecule has 0 radical (unpaired) electrons. The number of hydrogen-bond donors (Lipinski definition) is 1. The fourth-order valence-corrected chi connectivity index (χ4v) is 1.49. The average Bonchev–Trinajstić information content (AvgIpc) is 2.26. The monoisotopic (exact) mass is 258 g/mol. The lowest BCUT2D eigenvalue weighted by atomic mass is 10.1. The summed E-state index contributed by atoms with van der Waals surface area (Å²) in [6.07, 6.45) is 2.13. The topological polar surface area (TPSA) is 46.5 Å². The fourth-order valence-electron chi connectivity index (χ4n) is 1.23. The van der Waals surface area contributed by atoms with Gasteiger partial charge in [0.15, 0.2) is 12.6 Å². The van der Waals surface area contributed by atoms with Crippen LogP contribution in [0.25, 0.3) is 6.08 Å². The molecule has 0 fully saturated rings. The Balaban J connectivity index is 2.90. The van der Waals surface area contributed by atoms with Crippen molar-refractivity contribution in [2.45, 2.75) is 13.2 Å². The van der Waals surface area contributed by atoms with Gasteiger partial charge in [-0.2, -0.15) is 0 Å². The molecule has 1 N–H and O–H groups in total. The summed E-state index contributed by atoms with van der Waals surface area (Å²) in [5, 5.41) is 9.29. The van der Waals surface area contributed by atoms with Gasteiger partial charge in [0.25, 0.3) is 0 Å². The van der Waals surface area contributed by atoms with Gasteiger partial charge in [-0.3, -0.25) is 4.79 Å². The maximum absolute atomic E-state index is 13.3. The van der Waals surface area contributed by atoms with Crippen LogP contribution in [0.4, 0.5) is 4.39 Å². The van der Waals surface area contributed by atoms with Crippen molar-refractivity contribution in [3.8, 4) is 0 Å². The lowest BCUT2D eigenvalue weighted by Crippen LogP contribution is -2.07. The molecule has 1 atom stereocenters. The molecule has 0 aliphatic carbocycles. The maximum atomic E-state index is 13.3. The van der Waals surface area contributed by atoms with Crippen LogP contribution in [-0.4, -0.2) is 24.3 Å². The fraction of sp³-hybridized carbons (Fsp3) is 0.250. The van der Waals surface area contributed by atoms with Gasteiger partial charge in [0, 0.05) is 6.61 Å². The van der Waals surface area contributed by atoms with Gasteiger partial charge < -0.3 is 9.84 Å². The second kappa shape index (κ2) is 6.49. The molecule has 0 aliphatic heterocycles. The van der Waals surface area contributed by atoms with Crippen molar-refractivity contribution in [3.05, 3.63) is 40.2 Å². The first-order valence-electron chi connectivity index (χ1n) is 5.00. The number of aliphatic hydroxyl groups is 1. The molecule has 0 bridgehead atoms. The van der Waals surface area contributed by atoms with E-state index in [1.54, 1.807) is 6.92 Å². The molecule has 3 nitrogen and oxygen atoms in total. The largest absolute Gasteiger partial charge is 0.365 e. The molecular weight excluding hydrogens is 247 g/mol. The van der Waals surface area contributed by atoms with Gasteiger partial charge in [-0.25, -0.2) is 4.39 Å². The Labute approximate surface area is 103 Å². The molecule has 5 heteroatoms. The molecule has 1 aromatic carbocycles. The van der Waals surface area contributed by atoms with E-state index >= 15 is 0 Å². The molecule has 0 spiro atoms. The van der Waals surface area contributed by atoms with E-state index in [0.717, 1.165) is 6.07 Å². The lowest BCUT2D eigenvalue weighted by molar-refractivity contribution is -0.0581. The van der Waals surface area contributed by atoms with Crippen molar-refractivity contribution in [1.82, 2.24) is 0 Å². The molecule has 0 amide bonds. The Morgan fingerprint density at radius 1 is 1.59 bits per heavy atom. The molecule has 1 aromatic rings. The zero-order chi connectivity index (χ0) is 12.8. The number of aldehydes is 1. The summed E-state index contributed by atoms with van der Waals surface area (Å²) in [6.45, 7) is 2.11. The highest BCUT2D eigenvalue weighted by atomic mass is 35.5. The Bertz CT molecular complexity index is 409. The molecular formula is C12H12ClFO3. The van der Waals surface area contributed by atoms with Crippen molar-refractivity contribution in [3.63, 3.8) is 0 Å². The SMILES string of the molecule is CCOC(O)/C=C/c1cc(F)c(C=O)c(Cl)c1. The number of hydrogen-bond acceptors (Lipinski definition) is 3. The first-order valence-corrected chi connectivity index (χ1v) is 5.38. The van der Waals surface area contributed by atoms with Crippen LogP contribution in [0.3, 0.4) is 0 Å². The van der Waals surface area contributed by atoms with Crippen LogP contribution in [0.15, 0.2) is 18.2 Å². The molecule has 1 unspecified atom stereocenters. The molecule has 0 saturated carbocycles. The lowest BCUT2D eigenvalue weighted by Gasteiger charge is -2.05. The summed E-state index contributed by atoms with van der Waals surface area (Å²) in [7, 11) is 0. The zero-order valence-corrected chi connectivity index (χ0v) is 9.95. The smallest absolute Gasteiger partial charge is 0.174 e. The van der Waals surface area contributed by atoms with E-state index in [4.69, 9.17) is 16.3 Å². The Kier molecular flexibility index (Phi) is 5.28. The van der Waals surface area contributed by atoms with E-state index < -0.39 is 12.1 Å². The van der Waals surface area contributed by atoms with E-state index in [2.05, 4.69) is 0 Å². The summed E-state index contributed by atoms with van der Waals surface area (Å²) in [5.74, 6) is -0.696. The normalized spacial score (nSPS) is 12.9. The summed E-state index contributed by atoms with van der Waals surface area (Å²) < 4.78 is 18.2. The van der Waals surface area contributed by atoms with Gasteiger partial charge in [-0.15, -0.1) is 0 Å². The number of benzene rings is 1. The van der Waals surface area contributed by atoms with Crippen LogP contribution >= 0.6 is 11.6 Å². The molecule has 92 valence electrons. The predicted molar refractivity (Wildman–Crippen MR) is 63.5 cm³/mol. The van der Waals surface area contributed by atoms with Crippen molar-refractivity contribution < 1.29 is 19.0 Å². The van der Waals surface area contributed by atoms with Crippen LogP contribution in [0.1, 0.15) is 22.8 Å². The van der Waals surface area contributed by atoms with E-state index in [9.17, 15) is 14.3 Å². The molecule has 0 saturated heterocycles. The Morgan fingerprint density at radius 2 is 2.29 bits per heavy atom. The summed E-state index contributed by atoms with van der Waals surface area (Å²) in [4.78, 5) is 10.5. The quantitative estimate of drug-likeness (QED) is 0.652. The minimum atomic E-state index is -1.05. The van der Waals surface area contributed by atoms with Gasteiger partial charge in [0.05, 0.1) is 10.6 Å². The molecule has 1 rings (SSSR count). The average molecular weight is 259 g/mol. The second-order valence-electron chi connectivity index (χ2n) is 3.22. The number of carbonyl (C=O) groups excluding carboxylic acids is 1. The summed E-state index contributed by atoms with van der Waals surface area (Å²) in [5.41, 5.74) is 0.269. The highest BCUT2D eigenvalue weighted by Gasteiger charge is 2.07. The third-order valence-corrected chi connectivity index (χ3v) is 2.32. The van der Waals surface area contributed by atoms with Crippen molar-refractivity contribution in [1.29, 1.82) is 0 Å². The second-order valence-corrected chi connectivity index (χ2v) is 3.63. The molecule has 17 heavy (non-hydrogen) atoms. The van der Waals surface area contributed by atoms with Crippen molar-refractivity contribution >= 4 is 24.0 Å². The van der Waals surface area contributed by atoms with Gasteiger partial charge in [0.1, 0.15) is 5.82 Å². The van der Waals surface area contributed by atoms with Crippen LogP contribution in [0.5, 0.6) is 0 Å². The summed E-state index contributed by atoms with van der Waals surface area (Å²) in [6, 6.07) is 2.59. The van der Waals surface area contributed by atoms with Crippen molar-refractivity contribution in [2.75, 3.05) is 6.61 Å². The number of ether oxygens (including phenoxy) is 1. The van der Waals surface area contributed by atoms with E-state index in [1.165, 1.54) is 18.2 Å². The highest BCUT2D eigenvalue weighted by molar-refractivity contribution is 6.33. The van der Waals surface area contributed by atoms with Crippen molar-refractivity contribution in [2.24, 2.45) is 0 Å². The first-order chi connectivity index (χ1) is 8.08. The van der Waals surface area contributed by atoms with Crippen LogP contribution in [0.2, 0.25) is 5.02 Å². The van der Waals surface area contributed by atoms with E-state index in [0.29, 0.717) is 18.5 Å². The Morgan fingerprint density at radius 3 is 2.82 bits per heavy atom. The van der Waals surface area contributed by atoms with Gasteiger partial charge in [-0.05, 0) is 30.7 Å². The van der Waals surface area contributed by atoms with E-state index in [-0.39, 0.29) is 10.6 Å². The van der Waals surface area contributed by atoms with Crippen LogP contribution in [-0.2, 0) is 4.74 Å². The predicted octanol–water partition coefficient (Wildman–Crippen LogP) is 2.66. The van der Waals surface area contributed by atoms with Gasteiger partial charge in [0.2, 0.25) is 0 Å². The van der Waals surface area contributed by atoms with E-state index in [1.807, 2.05) is 0 Å². The molecule has 0 heterocycles. The van der Waals surface area contributed by atoms with Gasteiger partial charge >= 0.3 is 0 Å². The first kappa shape index (κ1) is 13.8. The summed E-state index contributed by atoms with van der Waals surface area (Å²) >= 11 is 5.71. The minimum Gasteiger partial charge on any atom is -0.365 e. The number of aliphatic hydroxyl groups excluding tert-OH is 1. The zero-order valence-electron chi connectivity index (χ0n) is 9.19. The molecule has 0 aliphatic rings. The highest BCUT2D eigenvalue weighted by Crippen LogP contribution is 2.20. The number of halogens is 2.